The first-order valence-electron chi connectivity index (χ1n) is 5.95. The molecule has 4 nitrogen and oxygen atoms in total. The molecule has 1 aliphatic rings. The Kier molecular flexibility index (Phi) is 1.88. The van der Waals surface area contributed by atoms with Gasteiger partial charge in [0.05, 0.1) is 11.0 Å². The number of fused-ring (bicyclic) bond motifs is 3. The molecule has 0 saturated carbocycles. The Balaban J connectivity index is 2.32. The number of imidazole rings is 1. The van der Waals surface area contributed by atoms with Crippen LogP contribution in [0.3, 0.4) is 0 Å². The molecule has 1 atom stereocenters. The zero-order valence-corrected chi connectivity index (χ0v) is 10.7. The summed E-state index contributed by atoms with van der Waals surface area (Å²) in [6.07, 6.45) is 0. The van der Waals surface area contributed by atoms with Crippen molar-refractivity contribution in [1.29, 1.82) is 0 Å². The largest absolute Gasteiger partial charge is 0.289 e. The summed E-state index contributed by atoms with van der Waals surface area (Å²) in [4.78, 5) is 4.59. The number of hydrogen-bond acceptors (Lipinski definition) is 3. The number of para-hydroxylation sites is 2. The number of rotatable bonds is 0. The molecule has 0 aliphatic carbocycles. The fraction of sp³-hybridized carbons (Fsp3) is 0.462. The minimum Gasteiger partial charge on any atom is -0.289 e. The van der Waals surface area contributed by atoms with Gasteiger partial charge >= 0.3 is 0 Å². The van der Waals surface area contributed by atoms with Crippen molar-refractivity contribution in [3.05, 3.63) is 24.3 Å². The molecule has 2 aromatic rings. The second kappa shape index (κ2) is 3.01. The summed E-state index contributed by atoms with van der Waals surface area (Å²) >= 11 is 0. The van der Waals surface area contributed by atoms with Crippen LogP contribution in [0.4, 0.5) is 5.95 Å². The number of benzene rings is 1. The maximum atomic E-state index is 4.59. The van der Waals surface area contributed by atoms with E-state index in [0.717, 1.165) is 17.0 Å². The highest BCUT2D eigenvalue weighted by atomic mass is 15.6. The van der Waals surface area contributed by atoms with Gasteiger partial charge in [-0.15, -0.1) is 0 Å². The molecule has 0 radical (unpaired) electrons. The lowest BCUT2D eigenvalue weighted by Crippen LogP contribution is -2.51. The molecule has 0 saturated heterocycles. The van der Waals surface area contributed by atoms with Crippen LogP contribution in [0.1, 0.15) is 27.7 Å². The van der Waals surface area contributed by atoms with Gasteiger partial charge in [0.2, 0.25) is 5.95 Å². The number of hydrazine groups is 1. The van der Waals surface area contributed by atoms with Crippen molar-refractivity contribution in [2.75, 3.05) is 5.43 Å². The van der Waals surface area contributed by atoms with Crippen LogP contribution in [-0.4, -0.2) is 9.55 Å². The van der Waals surface area contributed by atoms with E-state index in [2.05, 4.69) is 60.2 Å². The zero-order valence-electron chi connectivity index (χ0n) is 10.7. The van der Waals surface area contributed by atoms with Crippen LogP contribution < -0.4 is 10.9 Å². The first-order valence-corrected chi connectivity index (χ1v) is 5.95. The van der Waals surface area contributed by atoms with E-state index in [9.17, 15) is 0 Å². The monoisotopic (exact) mass is 230 g/mol. The van der Waals surface area contributed by atoms with Gasteiger partial charge in [-0.3, -0.25) is 9.99 Å². The number of nitrogens with zero attached hydrogens (tertiary/aromatic N) is 2. The Morgan fingerprint density at radius 2 is 1.94 bits per heavy atom. The van der Waals surface area contributed by atoms with Gasteiger partial charge in [-0.25, -0.2) is 10.4 Å². The third kappa shape index (κ3) is 1.24. The van der Waals surface area contributed by atoms with E-state index >= 15 is 0 Å². The Hall–Kier alpha value is -1.55. The summed E-state index contributed by atoms with van der Waals surface area (Å²) in [5.74, 6) is 0.892. The molecule has 0 fully saturated rings. The number of nitrogens with one attached hydrogen (secondary N) is 2. The van der Waals surface area contributed by atoms with Gasteiger partial charge in [0.25, 0.3) is 0 Å². The van der Waals surface area contributed by atoms with Crippen LogP contribution in [0.5, 0.6) is 0 Å². The summed E-state index contributed by atoms with van der Waals surface area (Å²) in [5, 5.41) is 0. The SMILES string of the molecule is CC(C)(C)[C@]1(C)NNc2nc3ccccc3n21. The summed E-state index contributed by atoms with van der Waals surface area (Å²) in [6.45, 7) is 8.88. The first kappa shape index (κ1) is 10.6. The van der Waals surface area contributed by atoms with Crippen LogP contribution in [0.2, 0.25) is 0 Å². The number of hydrogen-bond donors (Lipinski definition) is 2. The Morgan fingerprint density at radius 1 is 1.24 bits per heavy atom. The minimum absolute atomic E-state index is 0.0781. The molecule has 4 heteroatoms. The standard InChI is InChI=1S/C13H18N4/c1-12(2,3)13(4)16-15-11-14-9-7-5-6-8-10(9)17(11)13/h5-8,16H,1-4H3,(H,14,15)/t13-/m1/s1. The van der Waals surface area contributed by atoms with Crippen LogP contribution in [0.25, 0.3) is 11.0 Å². The van der Waals surface area contributed by atoms with E-state index in [4.69, 9.17) is 0 Å². The van der Waals surface area contributed by atoms with E-state index < -0.39 is 0 Å². The van der Waals surface area contributed by atoms with Crippen LogP contribution >= 0.6 is 0 Å². The second-order valence-corrected chi connectivity index (χ2v) is 5.83. The molecular formula is C13H18N4. The average molecular weight is 230 g/mol. The number of anilines is 1. The lowest BCUT2D eigenvalue weighted by molar-refractivity contribution is 0.109. The molecule has 90 valence electrons. The van der Waals surface area contributed by atoms with E-state index in [0.29, 0.717) is 0 Å². The van der Waals surface area contributed by atoms with Gasteiger partial charge in [-0.05, 0) is 19.1 Å². The fourth-order valence-electron chi connectivity index (χ4n) is 2.32. The van der Waals surface area contributed by atoms with E-state index in [1.807, 2.05) is 12.1 Å². The van der Waals surface area contributed by atoms with Gasteiger partial charge in [0.15, 0.2) is 0 Å². The van der Waals surface area contributed by atoms with Crippen LogP contribution in [0.15, 0.2) is 24.3 Å². The molecule has 1 aromatic carbocycles. The summed E-state index contributed by atoms with van der Waals surface area (Å²) in [6, 6.07) is 8.24. The molecule has 1 aromatic heterocycles. The quantitative estimate of drug-likeness (QED) is 0.731. The molecule has 3 rings (SSSR count). The van der Waals surface area contributed by atoms with Crippen molar-refractivity contribution in [3.8, 4) is 0 Å². The lowest BCUT2D eigenvalue weighted by Gasteiger charge is -2.39. The molecule has 2 heterocycles. The second-order valence-electron chi connectivity index (χ2n) is 5.83. The molecule has 1 aliphatic heterocycles. The predicted molar refractivity (Wildman–Crippen MR) is 69.6 cm³/mol. The highest BCUT2D eigenvalue weighted by Gasteiger charge is 2.45. The smallest absolute Gasteiger partial charge is 0.220 e. The van der Waals surface area contributed by atoms with E-state index in [1.54, 1.807) is 0 Å². The molecule has 0 bridgehead atoms. The van der Waals surface area contributed by atoms with Gasteiger partial charge in [0, 0.05) is 5.41 Å². The van der Waals surface area contributed by atoms with Gasteiger partial charge in [0.1, 0.15) is 5.66 Å². The predicted octanol–water partition coefficient (Wildman–Crippen LogP) is 2.69. The number of aromatic nitrogens is 2. The van der Waals surface area contributed by atoms with Gasteiger partial charge < -0.3 is 0 Å². The highest BCUT2D eigenvalue weighted by molar-refractivity contribution is 5.79. The van der Waals surface area contributed by atoms with Crippen molar-refractivity contribution < 1.29 is 0 Å². The van der Waals surface area contributed by atoms with Crippen molar-refractivity contribution >= 4 is 17.0 Å². The summed E-state index contributed by atoms with van der Waals surface area (Å²) < 4.78 is 2.25. The molecule has 17 heavy (non-hydrogen) atoms. The van der Waals surface area contributed by atoms with Crippen LogP contribution in [0, 0.1) is 5.41 Å². The zero-order chi connectivity index (χ0) is 12.3. The summed E-state index contributed by atoms with van der Waals surface area (Å²) in [5.41, 5.74) is 8.64. The lowest BCUT2D eigenvalue weighted by atomic mass is 9.82. The normalized spacial score (nSPS) is 23.8. The van der Waals surface area contributed by atoms with Crippen molar-refractivity contribution in [2.24, 2.45) is 5.41 Å². The maximum absolute atomic E-state index is 4.59. The molecule has 2 N–H and O–H groups in total. The third-order valence-corrected chi connectivity index (χ3v) is 3.89. The average Bonchev–Trinajstić information content (AvgIpc) is 2.76. The molecular weight excluding hydrogens is 212 g/mol. The molecule has 0 spiro atoms. The van der Waals surface area contributed by atoms with Crippen molar-refractivity contribution in [2.45, 2.75) is 33.4 Å². The molecule has 0 amide bonds. The Labute approximate surface area is 101 Å². The topological polar surface area (TPSA) is 41.9 Å². The third-order valence-electron chi connectivity index (χ3n) is 3.89. The maximum Gasteiger partial charge on any atom is 0.220 e. The summed E-state index contributed by atoms with van der Waals surface area (Å²) in [7, 11) is 0. The van der Waals surface area contributed by atoms with Gasteiger partial charge in [-0.2, -0.15) is 0 Å². The van der Waals surface area contributed by atoms with E-state index in [1.165, 1.54) is 0 Å². The Morgan fingerprint density at radius 3 is 2.65 bits per heavy atom. The first-order chi connectivity index (χ1) is 7.93. The highest BCUT2D eigenvalue weighted by Crippen LogP contribution is 2.41. The van der Waals surface area contributed by atoms with Gasteiger partial charge in [-0.1, -0.05) is 32.9 Å². The Bertz CT molecular complexity index is 579. The van der Waals surface area contributed by atoms with Crippen molar-refractivity contribution in [3.63, 3.8) is 0 Å². The van der Waals surface area contributed by atoms with Crippen molar-refractivity contribution in [1.82, 2.24) is 15.0 Å². The van der Waals surface area contributed by atoms with E-state index in [-0.39, 0.29) is 11.1 Å². The minimum atomic E-state index is -0.182. The molecule has 0 unspecified atom stereocenters. The van der Waals surface area contributed by atoms with Crippen LogP contribution in [-0.2, 0) is 5.66 Å². The fourth-order valence-corrected chi connectivity index (χ4v) is 2.32.